The van der Waals surface area contributed by atoms with Crippen LogP contribution in [-0.2, 0) is 4.74 Å². The minimum absolute atomic E-state index is 0.164. The number of ether oxygens (including phenoxy) is 1. The second-order valence-corrected chi connectivity index (χ2v) is 4.93. The summed E-state index contributed by atoms with van der Waals surface area (Å²) < 4.78 is 18.9. The van der Waals surface area contributed by atoms with Crippen molar-refractivity contribution in [3.05, 3.63) is 29.1 Å². The van der Waals surface area contributed by atoms with Gasteiger partial charge in [0.05, 0.1) is 12.7 Å². The lowest BCUT2D eigenvalue weighted by Crippen LogP contribution is -2.37. The van der Waals surface area contributed by atoms with E-state index >= 15 is 0 Å². The van der Waals surface area contributed by atoms with Crippen LogP contribution < -0.4 is 4.90 Å². The Kier molecular flexibility index (Phi) is 5.76. The molecule has 4 heteroatoms. The van der Waals surface area contributed by atoms with E-state index in [9.17, 15) is 9.50 Å². The molecule has 19 heavy (non-hydrogen) atoms. The number of aliphatic hydroxyl groups excluding tert-OH is 1. The molecule has 2 unspecified atom stereocenters. The average molecular weight is 269 g/mol. The minimum atomic E-state index is -0.700. The van der Waals surface area contributed by atoms with Gasteiger partial charge in [-0.25, -0.2) is 4.39 Å². The molecule has 0 aliphatic heterocycles. The van der Waals surface area contributed by atoms with Gasteiger partial charge in [-0.15, -0.1) is 0 Å². The molecular weight excluding hydrogens is 245 g/mol. The Labute approximate surface area is 115 Å². The minimum Gasteiger partial charge on any atom is -0.389 e. The first kappa shape index (κ1) is 15.9. The lowest BCUT2D eigenvalue weighted by molar-refractivity contribution is 0.180. The molecule has 0 aromatic heterocycles. The summed E-state index contributed by atoms with van der Waals surface area (Å²) in [6.07, 6.45) is -0.700. The number of hydrogen-bond acceptors (Lipinski definition) is 3. The number of aliphatic hydroxyl groups is 1. The van der Waals surface area contributed by atoms with Crippen molar-refractivity contribution >= 4 is 5.69 Å². The van der Waals surface area contributed by atoms with Gasteiger partial charge in [-0.1, -0.05) is 0 Å². The topological polar surface area (TPSA) is 32.7 Å². The first-order valence-corrected chi connectivity index (χ1v) is 6.66. The van der Waals surface area contributed by atoms with Gasteiger partial charge in [0.25, 0.3) is 0 Å². The van der Waals surface area contributed by atoms with E-state index in [-0.39, 0.29) is 11.9 Å². The third-order valence-corrected chi connectivity index (χ3v) is 3.35. The Hall–Kier alpha value is -1.13. The number of methoxy groups -OCH3 is 1. The zero-order valence-electron chi connectivity index (χ0n) is 12.4. The van der Waals surface area contributed by atoms with E-state index in [4.69, 9.17) is 4.74 Å². The molecule has 2 atom stereocenters. The molecule has 0 bridgehead atoms. The average Bonchev–Trinajstić information content (AvgIpc) is 2.34. The van der Waals surface area contributed by atoms with Crippen molar-refractivity contribution in [3.8, 4) is 0 Å². The standard InChI is InChI=1S/C15H24FNO2/c1-6-17(11(3)9-19-5)15-7-10(2)14(16)8-13(15)12(4)18/h7-8,11-12,18H,6,9H2,1-5H3. The molecular formula is C15H24FNO2. The fourth-order valence-electron chi connectivity index (χ4n) is 2.32. The number of halogens is 1. The molecule has 3 nitrogen and oxygen atoms in total. The van der Waals surface area contributed by atoms with Crippen LogP contribution in [0.3, 0.4) is 0 Å². The van der Waals surface area contributed by atoms with Gasteiger partial charge in [-0.2, -0.15) is 0 Å². The lowest BCUT2D eigenvalue weighted by atomic mass is 10.0. The number of likely N-dealkylation sites (N-methyl/N-ethyl adjacent to an activating group) is 1. The van der Waals surface area contributed by atoms with Crippen molar-refractivity contribution < 1.29 is 14.2 Å². The predicted molar refractivity (Wildman–Crippen MR) is 76.1 cm³/mol. The number of rotatable bonds is 6. The zero-order valence-corrected chi connectivity index (χ0v) is 12.4. The summed E-state index contributed by atoms with van der Waals surface area (Å²) in [5.74, 6) is -0.282. The molecule has 1 aromatic rings. The highest BCUT2D eigenvalue weighted by Gasteiger charge is 2.20. The highest BCUT2D eigenvalue weighted by molar-refractivity contribution is 5.57. The third-order valence-electron chi connectivity index (χ3n) is 3.35. The van der Waals surface area contributed by atoms with Crippen LogP contribution in [-0.4, -0.2) is 31.4 Å². The van der Waals surface area contributed by atoms with E-state index in [1.165, 1.54) is 6.07 Å². The second kappa shape index (κ2) is 6.87. The normalized spacial score (nSPS) is 14.3. The molecule has 0 saturated carbocycles. The number of hydrogen-bond donors (Lipinski definition) is 1. The van der Waals surface area contributed by atoms with Crippen LogP contribution in [0.25, 0.3) is 0 Å². The van der Waals surface area contributed by atoms with Crippen molar-refractivity contribution in [1.29, 1.82) is 0 Å². The highest BCUT2D eigenvalue weighted by Crippen LogP contribution is 2.30. The maximum Gasteiger partial charge on any atom is 0.126 e. The van der Waals surface area contributed by atoms with E-state index in [1.54, 1.807) is 27.0 Å². The Bertz CT molecular complexity index is 421. The smallest absolute Gasteiger partial charge is 0.126 e. The van der Waals surface area contributed by atoms with Crippen LogP contribution in [0.2, 0.25) is 0 Å². The van der Waals surface area contributed by atoms with E-state index in [1.807, 2.05) is 6.92 Å². The van der Waals surface area contributed by atoms with E-state index < -0.39 is 6.10 Å². The van der Waals surface area contributed by atoms with Gasteiger partial charge >= 0.3 is 0 Å². The van der Waals surface area contributed by atoms with E-state index in [0.717, 1.165) is 12.2 Å². The Morgan fingerprint density at radius 1 is 1.37 bits per heavy atom. The summed E-state index contributed by atoms with van der Waals surface area (Å²) in [5, 5.41) is 9.85. The molecule has 0 aliphatic rings. The first-order valence-electron chi connectivity index (χ1n) is 6.66. The predicted octanol–water partition coefficient (Wildman–Crippen LogP) is 3.05. The van der Waals surface area contributed by atoms with Crippen LogP contribution in [0, 0.1) is 12.7 Å². The van der Waals surface area contributed by atoms with Gasteiger partial charge in [0.2, 0.25) is 0 Å². The van der Waals surface area contributed by atoms with Crippen LogP contribution in [0.5, 0.6) is 0 Å². The van der Waals surface area contributed by atoms with E-state index in [0.29, 0.717) is 17.7 Å². The fourth-order valence-corrected chi connectivity index (χ4v) is 2.32. The molecule has 0 fully saturated rings. The maximum absolute atomic E-state index is 13.7. The molecule has 108 valence electrons. The van der Waals surface area contributed by atoms with E-state index in [2.05, 4.69) is 11.8 Å². The summed E-state index contributed by atoms with van der Waals surface area (Å²) in [5.41, 5.74) is 2.08. The van der Waals surface area contributed by atoms with Crippen LogP contribution in [0.4, 0.5) is 10.1 Å². The quantitative estimate of drug-likeness (QED) is 0.861. The third kappa shape index (κ3) is 3.67. The van der Waals surface area contributed by atoms with Crippen LogP contribution >= 0.6 is 0 Å². The van der Waals surface area contributed by atoms with Gasteiger partial charge in [0.1, 0.15) is 5.82 Å². The second-order valence-electron chi connectivity index (χ2n) is 4.93. The van der Waals surface area contributed by atoms with Gasteiger partial charge in [0.15, 0.2) is 0 Å². The maximum atomic E-state index is 13.7. The molecule has 1 rings (SSSR count). The molecule has 0 saturated heterocycles. The number of anilines is 1. The van der Waals surface area contributed by atoms with Gasteiger partial charge in [-0.05, 0) is 45.4 Å². The summed E-state index contributed by atoms with van der Waals surface area (Å²) in [6, 6.07) is 3.39. The highest BCUT2D eigenvalue weighted by atomic mass is 19.1. The number of benzene rings is 1. The molecule has 0 heterocycles. The summed E-state index contributed by atoms with van der Waals surface area (Å²) >= 11 is 0. The SMILES string of the molecule is CCN(c1cc(C)c(F)cc1C(C)O)C(C)COC. The largest absolute Gasteiger partial charge is 0.389 e. The van der Waals surface area contributed by atoms with Gasteiger partial charge in [-0.3, -0.25) is 0 Å². The van der Waals surface area contributed by atoms with Crippen molar-refractivity contribution in [2.45, 2.75) is 39.8 Å². The zero-order chi connectivity index (χ0) is 14.6. The van der Waals surface area contributed by atoms with Gasteiger partial charge in [0, 0.05) is 30.9 Å². The first-order chi connectivity index (χ1) is 8.92. The molecule has 0 amide bonds. The molecule has 0 aliphatic carbocycles. The number of aryl methyl sites for hydroxylation is 1. The van der Waals surface area contributed by atoms with Crippen molar-refractivity contribution in [2.75, 3.05) is 25.2 Å². The summed E-state index contributed by atoms with van der Waals surface area (Å²) in [4.78, 5) is 2.12. The monoisotopic (exact) mass is 269 g/mol. The Morgan fingerprint density at radius 2 is 2.00 bits per heavy atom. The molecule has 1 N–H and O–H groups in total. The summed E-state index contributed by atoms with van der Waals surface area (Å²) in [7, 11) is 1.66. The number of nitrogens with zero attached hydrogens (tertiary/aromatic N) is 1. The van der Waals surface area contributed by atoms with Crippen LogP contribution in [0.15, 0.2) is 12.1 Å². The van der Waals surface area contributed by atoms with Crippen molar-refractivity contribution in [1.82, 2.24) is 0 Å². The Balaban J connectivity index is 3.25. The molecule has 0 spiro atoms. The summed E-state index contributed by atoms with van der Waals surface area (Å²) in [6.45, 7) is 8.84. The fraction of sp³-hybridized carbons (Fsp3) is 0.600. The van der Waals surface area contributed by atoms with Crippen molar-refractivity contribution in [2.24, 2.45) is 0 Å². The van der Waals surface area contributed by atoms with Gasteiger partial charge < -0.3 is 14.7 Å². The lowest BCUT2D eigenvalue weighted by Gasteiger charge is -2.32. The van der Waals surface area contributed by atoms with Crippen molar-refractivity contribution in [3.63, 3.8) is 0 Å². The Morgan fingerprint density at radius 3 is 2.47 bits per heavy atom. The van der Waals surface area contributed by atoms with Crippen LogP contribution in [0.1, 0.15) is 38.0 Å². The molecule has 0 radical (unpaired) electrons. The molecule has 1 aromatic carbocycles.